The van der Waals surface area contributed by atoms with Crippen molar-refractivity contribution in [2.45, 2.75) is 64.2 Å². The van der Waals surface area contributed by atoms with Gasteiger partial charge in [-0.15, -0.1) is 0 Å². The molecule has 112 valence electrons. The van der Waals surface area contributed by atoms with Gasteiger partial charge in [-0.1, -0.05) is 38.5 Å². The van der Waals surface area contributed by atoms with Crippen LogP contribution in [0.4, 0.5) is 0 Å². The van der Waals surface area contributed by atoms with Crippen LogP contribution < -0.4 is 5.32 Å². The largest absolute Gasteiger partial charge is 0.396 e. The van der Waals surface area contributed by atoms with Gasteiger partial charge in [0.1, 0.15) is 5.41 Å². The van der Waals surface area contributed by atoms with Crippen molar-refractivity contribution in [3.8, 4) is 6.07 Å². The van der Waals surface area contributed by atoms with E-state index in [4.69, 9.17) is 0 Å². The van der Waals surface area contributed by atoms with Crippen molar-refractivity contribution in [3.63, 3.8) is 0 Å². The molecule has 2 aliphatic carbocycles. The van der Waals surface area contributed by atoms with E-state index in [1.807, 2.05) is 0 Å². The van der Waals surface area contributed by atoms with Crippen molar-refractivity contribution in [2.75, 3.05) is 13.2 Å². The highest BCUT2D eigenvalue weighted by Gasteiger charge is 2.40. The number of aliphatic hydroxyl groups is 1. The Hall–Kier alpha value is -1.08. The van der Waals surface area contributed by atoms with Gasteiger partial charge in [0, 0.05) is 12.0 Å². The maximum atomic E-state index is 12.5. The highest BCUT2D eigenvalue weighted by atomic mass is 16.3. The molecular formula is C16H26N2O2. The first kappa shape index (κ1) is 15.3. The number of nitrogens with zero attached hydrogens (tertiary/aromatic N) is 1. The van der Waals surface area contributed by atoms with Crippen LogP contribution in [0.2, 0.25) is 0 Å². The van der Waals surface area contributed by atoms with E-state index in [2.05, 4.69) is 11.4 Å². The maximum Gasteiger partial charge on any atom is 0.240 e. The predicted molar refractivity (Wildman–Crippen MR) is 76.7 cm³/mol. The van der Waals surface area contributed by atoms with Crippen molar-refractivity contribution < 1.29 is 9.90 Å². The number of rotatable bonds is 4. The summed E-state index contributed by atoms with van der Waals surface area (Å²) in [7, 11) is 0. The average molecular weight is 278 g/mol. The van der Waals surface area contributed by atoms with Gasteiger partial charge in [-0.3, -0.25) is 4.79 Å². The number of carbonyl (C=O) groups excluding carboxylic acids is 1. The lowest BCUT2D eigenvalue weighted by atomic mass is 9.80. The van der Waals surface area contributed by atoms with Crippen molar-refractivity contribution in [3.05, 3.63) is 0 Å². The zero-order valence-corrected chi connectivity index (χ0v) is 12.3. The van der Waals surface area contributed by atoms with Crippen LogP contribution in [0.5, 0.6) is 0 Å². The Bertz CT molecular complexity index is 372. The first-order chi connectivity index (χ1) is 9.66. The molecule has 0 unspecified atom stereocenters. The highest BCUT2D eigenvalue weighted by Crippen LogP contribution is 2.38. The smallest absolute Gasteiger partial charge is 0.240 e. The standard InChI is InChI=1S/C16H26N2O2/c17-11-16(9-3-1-2-4-10-16)14(20)18-12-15(13-19)7-5-6-8-15/h19H,1-10,12-13H2,(H,18,20). The van der Waals surface area contributed by atoms with Gasteiger partial charge < -0.3 is 10.4 Å². The number of hydrogen-bond acceptors (Lipinski definition) is 3. The third kappa shape index (κ3) is 3.15. The van der Waals surface area contributed by atoms with Crippen LogP contribution in [0.15, 0.2) is 0 Å². The van der Waals surface area contributed by atoms with Gasteiger partial charge in [0.05, 0.1) is 12.7 Å². The molecule has 2 N–H and O–H groups in total. The molecule has 0 heterocycles. The SMILES string of the molecule is N#CC1(C(=O)NCC2(CO)CCCC2)CCCCCC1. The van der Waals surface area contributed by atoms with E-state index in [0.717, 1.165) is 51.4 Å². The molecule has 0 saturated heterocycles. The van der Waals surface area contributed by atoms with Crippen LogP contribution in [0, 0.1) is 22.2 Å². The molecule has 0 radical (unpaired) electrons. The summed E-state index contributed by atoms with van der Waals surface area (Å²) < 4.78 is 0. The monoisotopic (exact) mass is 278 g/mol. The van der Waals surface area contributed by atoms with Crippen molar-refractivity contribution in [2.24, 2.45) is 10.8 Å². The van der Waals surface area contributed by atoms with Gasteiger partial charge in [-0.05, 0) is 25.7 Å². The molecule has 2 saturated carbocycles. The van der Waals surface area contributed by atoms with Crippen LogP contribution >= 0.6 is 0 Å². The second-order valence-electron chi connectivity index (χ2n) is 6.66. The molecular weight excluding hydrogens is 252 g/mol. The summed E-state index contributed by atoms with van der Waals surface area (Å²) in [6.07, 6.45) is 9.74. The van der Waals surface area contributed by atoms with Gasteiger partial charge in [-0.2, -0.15) is 5.26 Å². The van der Waals surface area contributed by atoms with Gasteiger partial charge in [0.25, 0.3) is 0 Å². The first-order valence-corrected chi connectivity index (χ1v) is 7.97. The summed E-state index contributed by atoms with van der Waals surface area (Å²) in [5.74, 6) is -0.110. The van der Waals surface area contributed by atoms with E-state index in [9.17, 15) is 15.2 Å². The van der Waals surface area contributed by atoms with Crippen molar-refractivity contribution in [1.82, 2.24) is 5.32 Å². The Kier molecular flexibility index (Phi) is 5.04. The minimum atomic E-state index is -0.828. The Morgan fingerprint density at radius 2 is 1.60 bits per heavy atom. The molecule has 0 spiro atoms. The summed E-state index contributed by atoms with van der Waals surface area (Å²) in [4.78, 5) is 12.5. The Labute approximate surface area is 121 Å². The van der Waals surface area contributed by atoms with Crippen molar-refractivity contribution >= 4 is 5.91 Å². The van der Waals surface area contributed by atoms with Crippen LogP contribution in [0.25, 0.3) is 0 Å². The van der Waals surface area contributed by atoms with Crippen LogP contribution in [0.1, 0.15) is 64.2 Å². The number of carbonyl (C=O) groups is 1. The van der Waals surface area contributed by atoms with E-state index in [1.165, 1.54) is 0 Å². The lowest BCUT2D eigenvalue weighted by Crippen LogP contribution is -2.45. The van der Waals surface area contributed by atoms with Gasteiger partial charge in [-0.25, -0.2) is 0 Å². The summed E-state index contributed by atoms with van der Waals surface area (Å²) in [5, 5.41) is 22.1. The molecule has 0 atom stereocenters. The molecule has 2 rings (SSSR count). The Morgan fingerprint density at radius 1 is 1.05 bits per heavy atom. The molecule has 0 aromatic heterocycles. The minimum absolute atomic E-state index is 0.110. The molecule has 4 heteroatoms. The molecule has 1 amide bonds. The zero-order chi connectivity index (χ0) is 14.5. The molecule has 0 aliphatic heterocycles. The highest BCUT2D eigenvalue weighted by molar-refractivity contribution is 5.85. The second kappa shape index (κ2) is 6.58. The van der Waals surface area contributed by atoms with E-state index >= 15 is 0 Å². The molecule has 2 aliphatic rings. The van der Waals surface area contributed by atoms with E-state index in [1.54, 1.807) is 0 Å². The average Bonchev–Trinajstić information content (AvgIpc) is 2.82. The number of aliphatic hydroxyl groups excluding tert-OH is 1. The minimum Gasteiger partial charge on any atom is -0.396 e. The molecule has 0 aromatic rings. The van der Waals surface area contributed by atoms with Crippen LogP contribution in [-0.4, -0.2) is 24.2 Å². The summed E-state index contributed by atoms with van der Waals surface area (Å²) >= 11 is 0. The lowest BCUT2D eigenvalue weighted by molar-refractivity contribution is -0.129. The van der Waals surface area contributed by atoms with Gasteiger partial charge in [0.2, 0.25) is 5.91 Å². The molecule has 20 heavy (non-hydrogen) atoms. The second-order valence-corrected chi connectivity index (χ2v) is 6.66. The fourth-order valence-corrected chi connectivity index (χ4v) is 3.67. The van der Waals surface area contributed by atoms with Gasteiger partial charge >= 0.3 is 0 Å². The molecule has 0 aromatic carbocycles. The van der Waals surface area contributed by atoms with E-state index < -0.39 is 5.41 Å². The fraction of sp³-hybridized carbons (Fsp3) is 0.875. The Balaban J connectivity index is 1.97. The van der Waals surface area contributed by atoms with Crippen molar-refractivity contribution in [1.29, 1.82) is 5.26 Å². The molecule has 0 bridgehead atoms. The summed E-state index contributed by atoms with van der Waals surface area (Å²) in [5.41, 5.74) is -0.969. The van der Waals surface area contributed by atoms with E-state index in [0.29, 0.717) is 19.4 Å². The lowest BCUT2D eigenvalue weighted by Gasteiger charge is -2.30. The quantitative estimate of drug-likeness (QED) is 0.776. The predicted octanol–water partition coefficient (Wildman–Crippen LogP) is 2.52. The van der Waals surface area contributed by atoms with E-state index in [-0.39, 0.29) is 17.9 Å². The fourth-order valence-electron chi connectivity index (χ4n) is 3.67. The topological polar surface area (TPSA) is 73.1 Å². The van der Waals surface area contributed by atoms with Crippen LogP contribution in [0.3, 0.4) is 0 Å². The van der Waals surface area contributed by atoms with Gasteiger partial charge in [0.15, 0.2) is 0 Å². The normalized spacial score (nSPS) is 24.6. The summed E-state index contributed by atoms with van der Waals surface area (Å²) in [6.45, 7) is 0.651. The third-order valence-electron chi connectivity index (χ3n) is 5.23. The zero-order valence-electron chi connectivity index (χ0n) is 12.3. The molecule has 2 fully saturated rings. The number of nitrogens with one attached hydrogen (secondary N) is 1. The number of hydrogen-bond donors (Lipinski definition) is 2. The Morgan fingerprint density at radius 3 is 2.10 bits per heavy atom. The summed E-state index contributed by atoms with van der Waals surface area (Å²) in [6, 6.07) is 2.29. The van der Waals surface area contributed by atoms with Crippen LogP contribution in [-0.2, 0) is 4.79 Å². The number of amides is 1. The number of nitriles is 1. The molecule has 4 nitrogen and oxygen atoms in total. The third-order valence-corrected chi connectivity index (χ3v) is 5.23. The first-order valence-electron chi connectivity index (χ1n) is 7.97. The maximum absolute atomic E-state index is 12.5.